The Morgan fingerprint density at radius 3 is 2.80 bits per heavy atom. The van der Waals surface area contributed by atoms with Crippen LogP contribution in [0.15, 0.2) is 36.4 Å². The largest absolute Gasteiger partial charge is 0.298 e. The molecule has 2 aromatic rings. The van der Waals surface area contributed by atoms with Crippen molar-refractivity contribution in [2.24, 2.45) is 0 Å². The molecule has 0 unspecified atom stereocenters. The van der Waals surface area contributed by atoms with Gasteiger partial charge in [-0.3, -0.25) is 4.79 Å². The molecule has 0 bridgehead atoms. The molecule has 0 aromatic heterocycles. The van der Waals surface area contributed by atoms with Crippen LogP contribution < -0.4 is 0 Å². The minimum absolute atomic E-state index is 0.746. The van der Waals surface area contributed by atoms with Crippen molar-refractivity contribution >= 4 is 17.1 Å². The number of fused-ring (bicyclic) bond motifs is 1. The van der Waals surface area contributed by atoms with Crippen molar-refractivity contribution < 1.29 is 4.79 Å². The molecule has 0 heterocycles. The monoisotopic (exact) mass is 198 g/mol. The second-order valence-electron chi connectivity index (χ2n) is 3.77. The molecule has 1 nitrogen and oxygen atoms in total. The first kappa shape index (κ1) is 9.91. The maximum absolute atomic E-state index is 10.7. The molecule has 2 aromatic carbocycles. The number of benzene rings is 2. The smallest absolute Gasteiger partial charge is 0.150 e. The molecule has 0 saturated heterocycles. The van der Waals surface area contributed by atoms with Gasteiger partial charge in [0, 0.05) is 5.56 Å². The summed E-state index contributed by atoms with van der Waals surface area (Å²) in [5.74, 6) is 0. The zero-order valence-electron chi connectivity index (χ0n) is 8.86. The number of carbonyl (C=O) groups is 1. The van der Waals surface area contributed by atoms with Crippen LogP contribution in [0.5, 0.6) is 0 Å². The van der Waals surface area contributed by atoms with Gasteiger partial charge in [-0.2, -0.15) is 0 Å². The van der Waals surface area contributed by atoms with Crippen molar-refractivity contribution in [1.82, 2.24) is 0 Å². The SMILES string of the molecule is CCCc1cccc2cc(C=O)ccc12. The fraction of sp³-hybridized carbons (Fsp3) is 0.214. The van der Waals surface area contributed by atoms with E-state index in [1.54, 1.807) is 0 Å². The zero-order valence-corrected chi connectivity index (χ0v) is 8.86. The topological polar surface area (TPSA) is 17.1 Å². The molecule has 0 N–H and O–H groups in total. The molecule has 0 saturated carbocycles. The highest BCUT2D eigenvalue weighted by Crippen LogP contribution is 2.20. The van der Waals surface area contributed by atoms with E-state index in [0.29, 0.717) is 0 Å². The maximum atomic E-state index is 10.7. The van der Waals surface area contributed by atoms with E-state index >= 15 is 0 Å². The third-order valence-electron chi connectivity index (χ3n) is 2.65. The van der Waals surface area contributed by atoms with Gasteiger partial charge in [0.2, 0.25) is 0 Å². The van der Waals surface area contributed by atoms with Crippen LogP contribution in [0.2, 0.25) is 0 Å². The lowest BCUT2D eigenvalue weighted by Gasteiger charge is -2.05. The third-order valence-corrected chi connectivity index (χ3v) is 2.65. The molecule has 0 aliphatic carbocycles. The molecule has 0 spiro atoms. The first-order chi connectivity index (χ1) is 7.35. The van der Waals surface area contributed by atoms with Crippen LogP contribution in [-0.2, 0) is 6.42 Å². The van der Waals surface area contributed by atoms with E-state index in [4.69, 9.17) is 0 Å². The molecular formula is C14H14O. The van der Waals surface area contributed by atoms with Gasteiger partial charge in [-0.1, -0.05) is 43.7 Å². The number of hydrogen-bond acceptors (Lipinski definition) is 1. The molecule has 15 heavy (non-hydrogen) atoms. The number of aryl methyl sites for hydroxylation is 1. The second kappa shape index (κ2) is 4.26. The number of hydrogen-bond donors (Lipinski definition) is 0. The summed E-state index contributed by atoms with van der Waals surface area (Å²) in [7, 11) is 0. The van der Waals surface area contributed by atoms with Crippen molar-refractivity contribution in [1.29, 1.82) is 0 Å². The van der Waals surface area contributed by atoms with E-state index in [2.05, 4.69) is 25.1 Å². The summed E-state index contributed by atoms with van der Waals surface area (Å²) in [6.45, 7) is 2.18. The zero-order chi connectivity index (χ0) is 10.7. The molecule has 0 radical (unpaired) electrons. The van der Waals surface area contributed by atoms with Gasteiger partial charge < -0.3 is 0 Å². The highest BCUT2D eigenvalue weighted by Gasteiger charge is 2.00. The van der Waals surface area contributed by atoms with Crippen LogP contribution >= 0.6 is 0 Å². The lowest BCUT2D eigenvalue weighted by Crippen LogP contribution is -1.87. The molecule has 76 valence electrons. The first-order valence-corrected chi connectivity index (χ1v) is 5.32. The first-order valence-electron chi connectivity index (χ1n) is 5.32. The van der Waals surface area contributed by atoms with Gasteiger partial charge in [0.1, 0.15) is 6.29 Å². The number of rotatable bonds is 3. The Morgan fingerprint density at radius 2 is 2.07 bits per heavy atom. The van der Waals surface area contributed by atoms with E-state index in [-0.39, 0.29) is 0 Å². The second-order valence-corrected chi connectivity index (χ2v) is 3.77. The van der Waals surface area contributed by atoms with E-state index in [9.17, 15) is 4.79 Å². The summed E-state index contributed by atoms with van der Waals surface area (Å²) >= 11 is 0. The van der Waals surface area contributed by atoms with Gasteiger partial charge >= 0.3 is 0 Å². The van der Waals surface area contributed by atoms with E-state index in [1.807, 2.05) is 18.2 Å². The Morgan fingerprint density at radius 1 is 1.20 bits per heavy atom. The Balaban J connectivity index is 2.61. The summed E-state index contributed by atoms with van der Waals surface area (Å²) in [5.41, 5.74) is 2.11. The number of carbonyl (C=O) groups excluding carboxylic acids is 1. The minimum Gasteiger partial charge on any atom is -0.298 e. The average Bonchev–Trinajstić information content (AvgIpc) is 2.29. The van der Waals surface area contributed by atoms with Crippen LogP contribution in [0, 0.1) is 0 Å². The molecule has 0 amide bonds. The maximum Gasteiger partial charge on any atom is 0.150 e. The van der Waals surface area contributed by atoms with Crippen molar-refractivity contribution in [3.8, 4) is 0 Å². The summed E-state index contributed by atoms with van der Waals surface area (Å²) in [5, 5.41) is 2.43. The molecule has 0 aliphatic rings. The van der Waals surface area contributed by atoms with Crippen LogP contribution in [0.4, 0.5) is 0 Å². The van der Waals surface area contributed by atoms with Crippen LogP contribution in [0.1, 0.15) is 29.3 Å². The highest BCUT2D eigenvalue weighted by atomic mass is 16.1. The Hall–Kier alpha value is -1.63. The Bertz CT molecular complexity index is 486. The Labute approximate surface area is 89.7 Å². The van der Waals surface area contributed by atoms with E-state index in [1.165, 1.54) is 10.9 Å². The van der Waals surface area contributed by atoms with Gasteiger partial charge in [0.25, 0.3) is 0 Å². The Kier molecular flexibility index (Phi) is 2.82. The van der Waals surface area contributed by atoms with E-state index in [0.717, 1.165) is 30.1 Å². The van der Waals surface area contributed by atoms with Crippen molar-refractivity contribution in [2.75, 3.05) is 0 Å². The summed E-state index contributed by atoms with van der Waals surface area (Å²) in [6.07, 6.45) is 3.14. The summed E-state index contributed by atoms with van der Waals surface area (Å²) in [4.78, 5) is 10.7. The van der Waals surface area contributed by atoms with Gasteiger partial charge in [-0.05, 0) is 28.8 Å². The predicted molar refractivity (Wildman–Crippen MR) is 63.3 cm³/mol. The average molecular weight is 198 g/mol. The molecule has 2 rings (SSSR count). The molecule has 1 heteroatoms. The quantitative estimate of drug-likeness (QED) is 0.688. The van der Waals surface area contributed by atoms with Gasteiger partial charge in [-0.25, -0.2) is 0 Å². The van der Waals surface area contributed by atoms with Crippen molar-refractivity contribution in [3.05, 3.63) is 47.5 Å². The summed E-state index contributed by atoms with van der Waals surface area (Å²) in [6, 6.07) is 12.1. The minimum atomic E-state index is 0.746. The van der Waals surface area contributed by atoms with Crippen molar-refractivity contribution in [2.45, 2.75) is 19.8 Å². The van der Waals surface area contributed by atoms with Crippen molar-refractivity contribution in [3.63, 3.8) is 0 Å². The lowest BCUT2D eigenvalue weighted by atomic mass is 10.00. The molecule has 0 atom stereocenters. The van der Waals surface area contributed by atoms with Crippen LogP contribution in [-0.4, -0.2) is 6.29 Å². The standard InChI is InChI=1S/C14H14O/c1-2-4-12-5-3-6-13-9-11(10-15)7-8-14(12)13/h3,5-10H,2,4H2,1H3. The lowest BCUT2D eigenvalue weighted by molar-refractivity contribution is 0.112. The summed E-state index contributed by atoms with van der Waals surface area (Å²) < 4.78 is 0. The fourth-order valence-corrected chi connectivity index (χ4v) is 1.93. The van der Waals surface area contributed by atoms with Gasteiger partial charge in [0.15, 0.2) is 0 Å². The highest BCUT2D eigenvalue weighted by molar-refractivity contribution is 5.90. The fourth-order valence-electron chi connectivity index (χ4n) is 1.93. The van der Waals surface area contributed by atoms with Crippen LogP contribution in [0.3, 0.4) is 0 Å². The van der Waals surface area contributed by atoms with Gasteiger partial charge in [-0.15, -0.1) is 0 Å². The van der Waals surface area contributed by atoms with Gasteiger partial charge in [0.05, 0.1) is 0 Å². The molecular weight excluding hydrogens is 184 g/mol. The van der Waals surface area contributed by atoms with E-state index < -0.39 is 0 Å². The number of aldehydes is 1. The van der Waals surface area contributed by atoms with Crippen LogP contribution in [0.25, 0.3) is 10.8 Å². The third kappa shape index (κ3) is 1.91. The predicted octanol–water partition coefficient (Wildman–Crippen LogP) is 3.60. The normalized spacial score (nSPS) is 10.5. The molecule has 0 aliphatic heterocycles. The molecule has 0 fully saturated rings.